The Kier molecular flexibility index (Phi) is 5.10. The van der Waals surface area contributed by atoms with Crippen LogP contribution in [0, 0.1) is 0 Å². The molecule has 0 fully saturated rings. The molecule has 7 heteroatoms. The second-order valence-corrected chi connectivity index (χ2v) is 5.73. The fourth-order valence-electron chi connectivity index (χ4n) is 2.67. The second-order valence-electron chi connectivity index (χ2n) is 5.73. The highest BCUT2D eigenvalue weighted by molar-refractivity contribution is 6.01. The van der Waals surface area contributed by atoms with E-state index in [2.05, 4.69) is 5.32 Å². The van der Waals surface area contributed by atoms with Crippen LogP contribution in [0.15, 0.2) is 12.1 Å². The number of amides is 2. The number of ether oxygens (including phenoxy) is 1. The number of carbonyl (C=O) groups excluding carboxylic acids is 2. The summed E-state index contributed by atoms with van der Waals surface area (Å²) in [6, 6.07) is 3.04. The summed E-state index contributed by atoms with van der Waals surface area (Å²) < 4.78 is 5.25. The molecule has 0 aromatic heterocycles. The molecule has 23 heavy (non-hydrogen) atoms. The molecule has 1 aliphatic rings. The molecule has 1 aromatic rings. The Balaban J connectivity index is 2.36. The number of rotatable bonds is 4. The molecule has 1 atom stereocenters. The zero-order valence-corrected chi connectivity index (χ0v) is 14.0. The smallest absolute Gasteiger partial charge is 0.244 e. The van der Waals surface area contributed by atoms with E-state index in [4.69, 9.17) is 10.5 Å². The third-order valence-corrected chi connectivity index (χ3v) is 4.02. The van der Waals surface area contributed by atoms with Crippen LogP contribution in [0.5, 0.6) is 5.75 Å². The lowest BCUT2D eigenvalue weighted by atomic mass is 10.1. The number of anilines is 2. The van der Waals surface area contributed by atoms with Gasteiger partial charge in [0.05, 0.1) is 30.9 Å². The normalized spacial score (nSPS) is 17.5. The largest absolute Gasteiger partial charge is 0.495 e. The van der Waals surface area contributed by atoms with Crippen LogP contribution in [0.1, 0.15) is 18.9 Å². The van der Waals surface area contributed by atoms with E-state index in [1.807, 2.05) is 13.0 Å². The maximum absolute atomic E-state index is 12.8. The van der Waals surface area contributed by atoms with Crippen molar-refractivity contribution >= 4 is 23.2 Å². The van der Waals surface area contributed by atoms with Crippen LogP contribution in [0.4, 0.5) is 11.4 Å². The molecule has 2 rings (SSSR count). The molecule has 0 spiro atoms. The predicted octanol–water partition coefficient (Wildman–Crippen LogP) is 0.580. The van der Waals surface area contributed by atoms with Gasteiger partial charge in [0.25, 0.3) is 0 Å². The highest BCUT2D eigenvalue weighted by atomic mass is 16.5. The van der Waals surface area contributed by atoms with Crippen LogP contribution in [0.2, 0.25) is 0 Å². The minimum absolute atomic E-state index is 0.0880. The quantitative estimate of drug-likeness (QED) is 0.792. The van der Waals surface area contributed by atoms with Crippen molar-refractivity contribution in [2.45, 2.75) is 25.9 Å². The Hall–Kier alpha value is -2.28. The number of nitrogen functional groups attached to an aromatic ring is 1. The van der Waals surface area contributed by atoms with Gasteiger partial charge >= 0.3 is 0 Å². The molecule has 0 radical (unpaired) electrons. The third-order valence-electron chi connectivity index (χ3n) is 4.02. The van der Waals surface area contributed by atoms with Crippen molar-refractivity contribution in [1.82, 2.24) is 10.2 Å². The zero-order valence-electron chi connectivity index (χ0n) is 14.0. The lowest BCUT2D eigenvalue weighted by molar-refractivity contribution is -0.132. The van der Waals surface area contributed by atoms with E-state index in [0.29, 0.717) is 24.5 Å². The van der Waals surface area contributed by atoms with E-state index >= 15 is 0 Å². The first-order valence-electron chi connectivity index (χ1n) is 7.60. The average molecular weight is 320 g/mol. The third kappa shape index (κ3) is 3.39. The number of benzene rings is 1. The number of fused-ring (bicyclic) bond motifs is 1. The minimum Gasteiger partial charge on any atom is -0.495 e. The SMILES string of the molecule is CCN1C(=O)C(CC(=O)N(C)C)NCc2cc(OC)c(N)cc21. The standard InChI is InChI=1S/C16H24N4O3/c1-5-20-13-7-11(17)14(23-4)6-10(13)9-18-12(16(20)22)8-15(21)19(2)3/h6-7,12,18H,5,8-9,17H2,1-4H3. The fraction of sp³-hybridized carbons (Fsp3) is 0.500. The van der Waals surface area contributed by atoms with Crippen LogP contribution in [0.3, 0.4) is 0 Å². The van der Waals surface area contributed by atoms with E-state index in [1.165, 1.54) is 4.90 Å². The number of methoxy groups -OCH3 is 1. The molecule has 1 unspecified atom stereocenters. The molecule has 7 nitrogen and oxygen atoms in total. The van der Waals surface area contributed by atoms with Gasteiger partial charge in [-0.15, -0.1) is 0 Å². The molecule has 0 aliphatic carbocycles. The van der Waals surface area contributed by atoms with E-state index in [0.717, 1.165) is 11.3 Å². The van der Waals surface area contributed by atoms with Gasteiger partial charge in [-0.2, -0.15) is 0 Å². The van der Waals surface area contributed by atoms with Gasteiger partial charge in [0.1, 0.15) is 5.75 Å². The summed E-state index contributed by atoms with van der Waals surface area (Å²) in [6.07, 6.45) is 0.128. The van der Waals surface area contributed by atoms with Crippen molar-refractivity contribution in [1.29, 1.82) is 0 Å². The fourth-order valence-corrected chi connectivity index (χ4v) is 2.67. The number of likely N-dealkylation sites (N-methyl/N-ethyl adjacent to an activating group) is 1. The van der Waals surface area contributed by atoms with Gasteiger partial charge in [-0.05, 0) is 24.6 Å². The number of nitrogens with zero attached hydrogens (tertiary/aromatic N) is 2. The number of hydrogen-bond donors (Lipinski definition) is 2. The van der Waals surface area contributed by atoms with Crippen molar-refractivity contribution in [3.8, 4) is 5.75 Å². The zero-order chi connectivity index (χ0) is 17.1. The molecule has 1 aliphatic heterocycles. The molecular weight excluding hydrogens is 296 g/mol. The molecule has 2 amide bonds. The topological polar surface area (TPSA) is 87.9 Å². The summed E-state index contributed by atoms with van der Waals surface area (Å²) in [5.41, 5.74) is 8.15. The first kappa shape index (κ1) is 17.1. The van der Waals surface area contributed by atoms with Gasteiger partial charge in [-0.1, -0.05) is 0 Å². The average Bonchev–Trinajstić information content (AvgIpc) is 2.63. The number of hydrogen-bond acceptors (Lipinski definition) is 5. The Bertz CT molecular complexity index is 616. The van der Waals surface area contributed by atoms with Crippen LogP contribution < -0.4 is 20.7 Å². The molecule has 0 saturated heterocycles. The minimum atomic E-state index is -0.551. The van der Waals surface area contributed by atoms with Crippen molar-refractivity contribution in [2.24, 2.45) is 0 Å². The summed E-state index contributed by atoms with van der Waals surface area (Å²) in [4.78, 5) is 27.9. The molecular formula is C16H24N4O3. The maximum atomic E-state index is 12.8. The Morgan fingerprint density at radius 2 is 2.17 bits per heavy atom. The second kappa shape index (κ2) is 6.87. The number of nitrogens with one attached hydrogen (secondary N) is 1. The molecule has 126 valence electrons. The Morgan fingerprint density at radius 1 is 1.48 bits per heavy atom. The van der Waals surface area contributed by atoms with Crippen LogP contribution in [-0.2, 0) is 16.1 Å². The summed E-state index contributed by atoms with van der Waals surface area (Å²) >= 11 is 0. The van der Waals surface area contributed by atoms with Gasteiger partial charge in [-0.3, -0.25) is 9.59 Å². The summed E-state index contributed by atoms with van der Waals surface area (Å²) in [7, 11) is 4.92. The van der Waals surface area contributed by atoms with Crippen molar-refractivity contribution in [3.63, 3.8) is 0 Å². The highest BCUT2D eigenvalue weighted by Crippen LogP contribution is 2.33. The van der Waals surface area contributed by atoms with Crippen molar-refractivity contribution in [2.75, 3.05) is 38.4 Å². The van der Waals surface area contributed by atoms with Gasteiger partial charge in [0, 0.05) is 27.2 Å². The van der Waals surface area contributed by atoms with Gasteiger partial charge in [0.15, 0.2) is 0 Å². The van der Waals surface area contributed by atoms with E-state index in [-0.39, 0.29) is 18.2 Å². The van der Waals surface area contributed by atoms with Gasteiger partial charge in [-0.25, -0.2) is 0 Å². The van der Waals surface area contributed by atoms with Crippen LogP contribution in [-0.4, -0.2) is 50.5 Å². The Morgan fingerprint density at radius 3 is 2.74 bits per heavy atom. The molecule has 1 heterocycles. The monoisotopic (exact) mass is 320 g/mol. The van der Waals surface area contributed by atoms with Crippen LogP contribution >= 0.6 is 0 Å². The first-order valence-corrected chi connectivity index (χ1v) is 7.60. The lowest BCUT2D eigenvalue weighted by Gasteiger charge is -2.25. The van der Waals surface area contributed by atoms with Crippen LogP contribution in [0.25, 0.3) is 0 Å². The Labute approximate surface area is 136 Å². The van der Waals surface area contributed by atoms with Crippen molar-refractivity contribution in [3.05, 3.63) is 17.7 Å². The van der Waals surface area contributed by atoms with Crippen molar-refractivity contribution < 1.29 is 14.3 Å². The molecule has 0 saturated carbocycles. The van der Waals surface area contributed by atoms with E-state index < -0.39 is 6.04 Å². The lowest BCUT2D eigenvalue weighted by Crippen LogP contribution is -2.46. The molecule has 3 N–H and O–H groups in total. The summed E-state index contributed by atoms with van der Waals surface area (Å²) in [5, 5.41) is 3.17. The van der Waals surface area contributed by atoms with Gasteiger partial charge in [0.2, 0.25) is 11.8 Å². The van der Waals surface area contributed by atoms with Gasteiger partial charge < -0.3 is 25.6 Å². The number of nitrogens with two attached hydrogens (primary N) is 1. The summed E-state index contributed by atoms with van der Waals surface area (Å²) in [5.74, 6) is 0.373. The predicted molar refractivity (Wildman–Crippen MR) is 89.4 cm³/mol. The number of carbonyl (C=O) groups is 2. The molecule has 0 bridgehead atoms. The van der Waals surface area contributed by atoms with E-state index in [1.54, 1.807) is 32.2 Å². The molecule has 1 aromatic carbocycles. The first-order chi connectivity index (χ1) is 10.9. The maximum Gasteiger partial charge on any atom is 0.244 e. The summed E-state index contributed by atoms with van der Waals surface area (Å²) in [6.45, 7) is 2.88. The highest BCUT2D eigenvalue weighted by Gasteiger charge is 2.31. The van der Waals surface area contributed by atoms with E-state index in [9.17, 15) is 9.59 Å².